The van der Waals surface area contributed by atoms with Crippen LogP contribution in [0.3, 0.4) is 0 Å². The molecule has 1 N–H and O–H groups in total. The zero-order chi connectivity index (χ0) is 14.1. The van der Waals surface area contributed by atoms with Gasteiger partial charge in [-0.2, -0.15) is 0 Å². The van der Waals surface area contributed by atoms with Crippen LogP contribution >= 0.6 is 0 Å². The molecule has 0 atom stereocenters. The number of pyridine rings is 1. The van der Waals surface area contributed by atoms with Crippen molar-refractivity contribution in [3.63, 3.8) is 0 Å². The van der Waals surface area contributed by atoms with Gasteiger partial charge in [0.25, 0.3) is 0 Å². The molecule has 3 nitrogen and oxygen atoms in total. The summed E-state index contributed by atoms with van der Waals surface area (Å²) in [7, 11) is 0. The summed E-state index contributed by atoms with van der Waals surface area (Å²) in [5.41, 5.74) is 4.70. The molecule has 0 unspecified atom stereocenters. The standard InChI is InChI=1S/C17H18N2O/c1-11(2)12-5-6-13-9-14-4-3-7-18-17(14)19-16(20)10-15(13)8-12/h3-8,11H,9-10H2,1-2H3,(H,18,19,20). The molecule has 0 spiro atoms. The minimum Gasteiger partial charge on any atom is -0.310 e. The van der Waals surface area contributed by atoms with Crippen LogP contribution in [0.5, 0.6) is 0 Å². The van der Waals surface area contributed by atoms with Crippen LogP contribution in [0.15, 0.2) is 36.5 Å². The highest BCUT2D eigenvalue weighted by Crippen LogP contribution is 2.25. The number of fused-ring (bicyclic) bond motifs is 2. The van der Waals surface area contributed by atoms with Crippen molar-refractivity contribution in [2.75, 3.05) is 5.32 Å². The normalized spacial score (nSPS) is 14.1. The fourth-order valence-electron chi connectivity index (χ4n) is 2.59. The molecule has 3 rings (SSSR count). The molecule has 102 valence electrons. The van der Waals surface area contributed by atoms with E-state index in [9.17, 15) is 4.79 Å². The summed E-state index contributed by atoms with van der Waals surface area (Å²) in [6.07, 6.45) is 2.95. The van der Waals surface area contributed by atoms with Crippen molar-refractivity contribution in [1.29, 1.82) is 0 Å². The van der Waals surface area contributed by atoms with E-state index in [1.54, 1.807) is 6.20 Å². The molecule has 0 saturated heterocycles. The SMILES string of the molecule is CC(C)c1ccc2c(c1)CC(=O)Nc1ncccc1C2. The van der Waals surface area contributed by atoms with Crippen molar-refractivity contribution < 1.29 is 4.79 Å². The molecule has 0 radical (unpaired) electrons. The average molecular weight is 266 g/mol. The van der Waals surface area contributed by atoms with Gasteiger partial charge in [0, 0.05) is 12.6 Å². The van der Waals surface area contributed by atoms with Gasteiger partial charge >= 0.3 is 0 Å². The monoisotopic (exact) mass is 266 g/mol. The number of hydrogen-bond acceptors (Lipinski definition) is 2. The quantitative estimate of drug-likeness (QED) is 0.860. The molecule has 0 aliphatic carbocycles. The van der Waals surface area contributed by atoms with E-state index < -0.39 is 0 Å². The Morgan fingerprint density at radius 3 is 2.75 bits per heavy atom. The molecule has 0 saturated carbocycles. The van der Waals surface area contributed by atoms with Crippen LogP contribution < -0.4 is 5.32 Å². The summed E-state index contributed by atoms with van der Waals surface area (Å²) < 4.78 is 0. The molecule has 0 bridgehead atoms. The molecule has 2 aromatic rings. The Kier molecular flexibility index (Phi) is 3.26. The first-order chi connectivity index (χ1) is 9.63. The van der Waals surface area contributed by atoms with Crippen molar-refractivity contribution in [3.05, 3.63) is 58.8 Å². The molecule has 1 amide bonds. The highest BCUT2D eigenvalue weighted by Gasteiger charge is 2.17. The van der Waals surface area contributed by atoms with Gasteiger partial charge in [-0.15, -0.1) is 0 Å². The van der Waals surface area contributed by atoms with Crippen LogP contribution in [0.1, 0.15) is 42.0 Å². The van der Waals surface area contributed by atoms with E-state index in [0.29, 0.717) is 18.2 Å². The molecule has 1 aliphatic heterocycles. The second-order valence-electron chi connectivity index (χ2n) is 5.60. The zero-order valence-corrected chi connectivity index (χ0v) is 11.8. The van der Waals surface area contributed by atoms with E-state index in [1.165, 1.54) is 11.1 Å². The predicted octanol–water partition coefficient (Wildman–Crippen LogP) is 3.29. The van der Waals surface area contributed by atoms with Crippen molar-refractivity contribution >= 4 is 11.7 Å². The number of benzene rings is 1. The summed E-state index contributed by atoms with van der Waals surface area (Å²) >= 11 is 0. The van der Waals surface area contributed by atoms with Crippen LogP contribution in [-0.2, 0) is 17.6 Å². The third-order valence-electron chi connectivity index (χ3n) is 3.78. The second-order valence-corrected chi connectivity index (χ2v) is 5.60. The van der Waals surface area contributed by atoms with E-state index in [1.807, 2.05) is 12.1 Å². The first-order valence-electron chi connectivity index (χ1n) is 6.99. The largest absolute Gasteiger partial charge is 0.310 e. The summed E-state index contributed by atoms with van der Waals surface area (Å²) in [6, 6.07) is 10.4. The maximum Gasteiger partial charge on any atom is 0.229 e. The van der Waals surface area contributed by atoms with Gasteiger partial charge in [0.05, 0.1) is 6.42 Å². The summed E-state index contributed by atoms with van der Waals surface area (Å²) in [5, 5.41) is 2.90. The molecule has 20 heavy (non-hydrogen) atoms. The Hall–Kier alpha value is -2.16. The number of carbonyl (C=O) groups is 1. The molecule has 1 aromatic carbocycles. The molecule has 1 aliphatic rings. The predicted molar refractivity (Wildman–Crippen MR) is 79.9 cm³/mol. The van der Waals surface area contributed by atoms with Crippen molar-refractivity contribution in [2.45, 2.75) is 32.6 Å². The van der Waals surface area contributed by atoms with E-state index in [4.69, 9.17) is 0 Å². The molecular formula is C17H18N2O. The lowest BCUT2D eigenvalue weighted by Gasteiger charge is -2.18. The van der Waals surface area contributed by atoms with Crippen molar-refractivity contribution in [2.24, 2.45) is 0 Å². The van der Waals surface area contributed by atoms with Crippen LogP contribution in [0.25, 0.3) is 0 Å². The second kappa shape index (κ2) is 5.08. The van der Waals surface area contributed by atoms with Crippen LogP contribution in [0.4, 0.5) is 5.82 Å². The summed E-state index contributed by atoms with van der Waals surface area (Å²) in [5.74, 6) is 1.17. The van der Waals surface area contributed by atoms with E-state index in [-0.39, 0.29) is 5.91 Å². The fraction of sp³-hybridized carbons (Fsp3) is 0.294. The Labute approximate surface area is 119 Å². The average Bonchev–Trinajstić information content (AvgIpc) is 2.40. The molecule has 1 aromatic heterocycles. The molecule has 0 fully saturated rings. The lowest BCUT2D eigenvalue weighted by Crippen LogP contribution is -2.20. The highest BCUT2D eigenvalue weighted by atomic mass is 16.1. The lowest BCUT2D eigenvalue weighted by atomic mass is 9.91. The smallest absolute Gasteiger partial charge is 0.229 e. The van der Waals surface area contributed by atoms with Crippen molar-refractivity contribution in [3.8, 4) is 0 Å². The van der Waals surface area contributed by atoms with Gasteiger partial charge < -0.3 is 5.32 Å². The van der Waals surface area contributed by atoms with Gasteiger partial charge in [-0.05, 0) is 34.2 Å². The molecule has 2 heterocycles. The Balaban J connectivity index is 2.07. The summed E-state index contributed by atoms with van der Waals surface area (Å²) in [4.78, 5) is 16.3. The fourth-order valence-corrected chi connectivity index (χ4v) is 2.59. The van der Waals surface area contributed by atoms with Gasteiger partial charge in [0.15, 0.2) is 0 Å². The Morgan fingerprint density at radius 2 is 1.95 bits per heavy atom. The van der Waals surface area contributed by atoms with Gasteiger partial charge in [-0.3, -0.25) is 4.79 Å². The minimum absolute atomic E-state index is 0.00630. The van der Waals surface area contributed by atoms with E-state index >= 15 is 0 Å². The first-order valence-corrected chi connectivity index (χ1v) is 6.99. The Morgan fingerprint density at radius 1 is 1.10 bits per heavy atom. The number of anilines is 1. The number of nitrogens with one attached hydrogen (secondary N) is 1. The van der Waals surface area contributed by atoms with Crippen LogP contribution in [0, 0.1) is 0 Å². The lowest BCUT2D eigenvalue weighted by molar-refractivity contribution is -0.115. The molecular weight excluding hydrogens is 248 g/mol. The summed E-state index contributed by atoms with van der Waals surface area (Å²) in [6.45, 7) is 4.34. The Bertz CT molecular complexity index is 662. The maximum absolute atomic E-state index is 12.1. The third-order valence-corrected chi connectivity index (χ3v) is 3.78. The van der Waals surface area contributed by atoms with Gasteiger partial charge in [-0.1, -0.05) is 38.1 Å². The number of nitrogens with zero attached hydrogens (tertiary/aromatic N) is 1. The van der Waals surface area contributed by atoms with Gasteiger partial charge in [-0.25, -0.2) is 4.98 Å². The topological polar surface area (TPSA) is 42.0 Å². The number of carbonyl (C=O) groups excluding carboxylic acids is 1. The number of amides is 1. The van der Waals surface area contributed by atoms with Gasteiger partial charge in [0.1, 0.15) is 5.82 Å². The van der Waals surface area contributed by atoms with Crippen LogP contribution in [0.2, 0.25) is 0 Å². The number of hydrogen-bond donors (Lipinski definition) is 1. The minimum atomic E-state index is 0.00630. The molecule has 3 heteroatoms. The van der Waals surface area contributed by atoms with Crippen molar-refractivity contribution in [1.82, 2.24) is 4.98 Å². The number of rotatable bonds is 1. The maximum atomic E-state index is 12.1. The number of aromatic nitrogens is 1. The zero-order valence-electron chi connectivity index (χ0n) is 11.8. The third kappa shape index (κ3) is 2.44. The van der Waals surface area contributed by atoms with E-state index in [0.717, 1.165) is 17.5 Å². The van der Waals surface area contributed by atoms with Gasteiger partial charge in [0.2, 0.25) is 5.91 Å². The first kappa shape index (κ1) is 12.9. The van der Waals surface area contributed by atoms with E-state index in [2.05, 4.69) is 42.3 Å². The van der Waals surface area contributed by atoms with Crippen LogP contribution in [-0.4, -0.2) is 10.9 Å². The highest BCUT2D eigenvalue weighted by molar-refractivity contribution is 5.92.